The molecule has 2 rings (SSSR count). The minimum atomic E-state index is -0.584. The van der Waals surface area contributed by atoms with Crippen molar-refractivity contribution in [1.82, 2.24) is 5.32 Å². The quantitative estimate of drug-likeness (QED) is 0.782. The average Bonchev–Trinajstić information content (AvgIpc) is 3.22. The lowest BCUT2D eigenvalue weighted by Gasteiger charge is -2.19. The second-order valence-electron chi connectivity index (χ2n) is 5.07. The van der Waals surface area contributed by atoms with Crippen molar-refractivity contribution in [2.24, 2.45) is 5.92 Å². The molecule has 1 saturated carbocycles. The van der Waals surface area contributed by atoms with Crippen molar-refractivity contribution in [3.05, 3.63) is 35.9 Å². The van der Waals surface area contributed by atoms with Crippen LogP contribution < -0.4 is 5.32 Å². The molecular weight excluding hydrogens is 246 g/mol. The molecule has 1 aliphatic rings. The number of carbonyl (C=O) groups excluding carboxylic acids is 1. The van der Waals surface area contributed by atoms with Crippen LogP contribution >= 0.6 is 11.6 Å². The topological polar surface area (TPSA) is 29.1 Å². The van der Waals surface area contributed by atoms with Crippen LogP contribution in [0.5, 0.6) is 0 Å². The molecule has 0 heterocycles. The fourth-order valence-electron chi connectivity index (χ4n) is 2.13. The SMILES string of the molecule is CCC(CC1CC1)NC(=O)C(Cl)c1ccccc1. The molecule has 0 spiro atoms. The summed E-state index contributed by atoms with van der Waals surface area (Å²) in [6.45, 7) is 2.11. The summed E-state index contributed by atoms with van der Waals surface area (Å²) in [4.78, 5) is 12.1. The first-order valence-corrected chi connectivity index (χ1v) is 7.13. The predicted molar refractivity (Wildman–Crippen MR) is 74.6 cm³/mol. The van der Waals surface area contributed by atoms with E-state index in [1.807, 2.05) is 30.3 Å². The van der Waals surface area contributed by atoms with Gasteiger partial charge in [0.1, 0.15) is 5.38 Å². The number of amides is 1. The molecule has 0 aromatic heterocycles. The van der Waals surface area contributed by atoms with E-state index >= 15 is 0 Å². The van der Waals surface area contributed by atoms with Crippen LogP contribution in [0.15, 0.2) is 30.3 Å². The van der Waals surface area contributed by atoms with Crippen LogP contribution in [-0.4, -0.2) is 11.9 Å². The number of halogens is 1. The highest BCUT2D eigenvalue weighted by molar-refractivity contribution is 6.30. The first-order valence-electron chi connectivity index (χ1n) is 6.70. The number of benzene rings is 1. The van der Waals surface area contributed by atoms with Gasteiger partial charge in [-0.2, -0.15) is 0 Å². The maximum absolute atomic E-state index is 12.1. The normalized spacial score (nSPS) is 18.1. The third-order valence-corrected chi connectivity index (χ3v) is 3.93. The molecule has 18 heavy (non-hydrogen) atoms. The van der Waals surface area contributed by atoms with Crippen molar-refractivity contribution < 1.29 is 4.79 Å². The Morgan fingerprint density at radius 3 is 2.61 bits per heavy atom. The Hall–Kier alpha value is -1.02. The Balaban J connectivity index is 1.89. The smallest absolute Gasteiger partial charge is 0.242 e. The van der Waals surface area contributed by atoms with Gasteiger partial charge in [0.25, 0.3) is 0 Å². The number of rotatable bonds is 6. The van der Waals surface area contributed by atoms with Crippen molar-refractivity contribution in [3.63, 3.8) is 0 Å². The van der Waals surface area contributed by atoms with Gasteiger partial charge in [0.05, 0.1) is 0 Å². The van der Waals surface area contributed by atoms with Crippen LogP contribution in [0.3, 0.4) is 0 Å². The second kappa shape index (κ2) is 6.24. The number of hydrogen-bond donors (Lipinski definition) is 1. The monoisotopic (exact) mass is 265 g/mol. The third-order valence-electron chi connectivity index (χ3n) is 3.48. The molecule has 3 heteroatoms. The molecule has 1 N–H and O–H groups in total. The van der Waals surface area contributed by atoms with E-state index in [2.05, 4.69) is 12.2 Å². The number of nitrogens with one attached hydrogen (secondary N) is 1. The number of carbonyl (C=O) groups is 1. The lowest BCUT2D eigenvalue weighted by Crippen LogP contribution is -2.36. The molecular formula is C15H20ClNO. The molecule has 2 atom stereocenters. The van der Waals surface area contributed by atoms with E-state index in [1.54, 1.807) is 0 Å². The van der Waals surface area contributed by atoms with Gasteiger partial charge in [-0.15, -0.1) is 11.6 Å². The maximum Gasteiger partial charge on any atom is 0.242 e. The van der Waals surface area contributed by atoms with Gasteiger partial charge >= 0.3 is 0 Å². The largest absolute Gasteiger partial charge is 0.352 e. The van der Waals surface area contributed by atoms with Crippen molar-refractivity contribution in [3.8, 4) is 0 Å². The van der Waals surface area contributed by atoms with Gasteiger partial charge in [-0.1, -0.05) is 50.1 Å². The Morgan fingerprint density at radius 1 is 1.39 bits per heavy atom. The van der Waals surface area contributed by atoms with Gasteiger partial charge in [-0.3, -0.25) is 4.79 Å². The molecule has 98 valence electrons. The summed E-state index contributed by atoms with van der Waals surface area (Å²) in [5.41, 5.74) is 0.859. The molecule has 0 aliphatic heterocycles. The second-order valence-corrected chi connectivity index (χ2v) is 5.50. The Bertz CT molecular complexity index is 389. The Morgan fingerprint density at radius 2 is 2.06 bits per heavy atom. The molecule has 0 saturated heterocycles. The molecule has 1 amide bonds. The van der Waals surface area contributed by atoms with Crippen LogP contribution in [0.2, 0.25) is 0 Å². The summed E-state index contributed by atoms with van der Waals surface area (Å²) in [7, 11) is 0. The molecule has 1 aromatic carbocycles. The molecule has 2 nitrogen and oxygen atoms in total. The van der Waals surface area contributed by atoms with E-state index in [1.165, 1.54) is 12.8 Å². The van der Waals surface area contributed by atoms with Gasteiger partial charge in [-0.25, -0.2) is 0 Å². The molecule has 1 aliphatic carbocycles. The summed E-state index contributed by atoms with van der Waals surface area (Å²) < 4.78 is 0. The summed E-state index contributed by atoms with van der Waals surface area (Å²) in [5, 5.41) is 2.48. The molecule has 0 bridgehead atoms. The zero-order valence-corrected chi connectivity index (χ0v) is 11.5. The summed E-state index contributed by atoms with van der Waals surface area (Å²) >= 11 is 6.20. The fourth-order valence-corrected chi connectivity index (χ4v) is 2.34. The fraction of sp³-hybridized carbons (Fsp3) is 0.533. The summed E-state index contributed by atoms with van der Waals surface area (Å²) in [6, 6.07) is 9.78. The zero-order chi connectivity index (χ0) is 13.0. The molecule has 1 fully saturated rings. The highest BCUT2D eigenvalue weighted by Crippen LogP contribution is 2.34. The Labute approximate surface area is 114 Å². The van der Waals surface area contributed by atoms with Crippen LogP contribution in [0.1, 0.15) is 43.5 Å². The predicted octanol–water partition coefficient (Wildman–Crippen LogP) is 3.66. The highest BCUT2D eigenvalue weighted by Gasteiger charge is 2.27. The molecule has 0 radical (unpaired) electrons. The van der Waals surface area contributed by atoms with Gasteiger partial charge in [-0.05, 0) is 24.3 Å². The van der Waals surface area contributed by atoms with E-state index in [4.69, 9.17) is 11.6 Å². The van der Waals surface area contributed by atoms with E-state index in [-0.39, 0.29) is 11.9 Å². The van der Waals surface area contributed by atoms with E-state index in [9.17, 15) is 4.79 Å². The molecule has 2 unspecified atom stereocenters. The minimum Gasteiger partial charge on any atom is -0.352 e. The van der Waals surface area contributed by atoms with E-state index < -0.39 is 5.38 Å². The van der Waals surface area contributed by atoms with E-state index in [0.29, 0.717) is 0 Å². The number of alkyl halides is 1. The van der Waals surface area contributed by atoms with Gasteiger partial charge < -0.3 is 5.32 Å². The lowest BCUT2D eigenvalue weighted by atomic mass is 10.1. The van der Waals surface area contributed by atoms with Gasteiger partial charge in [0.2, 0.25) is 5.91 Å². The Kier molecular flexibility index (Phi) is 4.65. The van der Waals surface area contributed by atoms with Crippen molar-refractivity contribution in [2.45, 2.75) is 44.0 Å². The highest BCUT2D eigenvalue weighted by atomic mass is 35.5. The van der Waals surface area contributed by atoms with Crippen LogP contribution in [0, 0.1) is 5.92 Å². The maximum atomic E-state index is 12.1. The van der Waals surface area contributed by atoms with Gasteiger partial charge in [0.15, 0.2) is 0 Å². The molecule has 1 aromatic rings. The van der Waals surface area contributed by atoms with Crippen LogP contribution in [0.4, 0.5) is 0 Å². The summed E-state index contributed by atoms with van der Waals surface area (Å²) in [6.07, 6.45) is 4.70. The average molecular weight is 266 g/mol. The van der Waals surface area contributed by atoms with Crippen LogP contribution in [0.25, 0.3) is 0 Å². The zero-order valence-electron chi connectivity index (χ0n) is 10.7. The first kappa shape index (κ1) is 13.4. The first-order chi connectivity index (χ1) is 8.70. The third kappa shape index (κ3) is 3.74. The minimum absolute atomic E-state index is 0.0737. The lowest BCUT2D eigenvalue weighted by molar-refractivity contribution is -0.121. The van der Waals surface area contributed by atoms with Crippen molar-refractivity contribution in [2.75, 3.05) is 0 Å². The standard InChI is InChI=1S/C15H20ClNO/c1-2-13(10-11-8-9-11)17-15(18)14(16)12-6-4-3-5-7-12/h3-7,11,13-14H,2,8-10H2,1H3,(H,17,18). The van der Waals surface area contributed by atoms with E-state index in [0.717, 1.165) is 24.3 Å². The summed E-state index contributed by atoms with van der Waals surface area (Å²) in [5.74, 6) is 0.746. The van der Waals surface area contributed by atoms with Crippen molar-refractivity contribution in [1.29, 1.82) is 0 Å². The van der Waals surface area contributed by atoms with Gasteiger partial charge in [0, 0.05) is 6.04 Å². The number of hydrogen-bond acceptors (Lipinski definition) is 1. The van der Waals surface area contributed by atoms with Crippen LogP contribution in [-0.2, 0) is 4.79 Å². The van der Waals surface area contributed by atoms with Crippen molar-refractivity contribution >= 4 is 17.5 Å².